The minimum atomic E-state index is -0.205. The number of Topliss-reactive ketones (excluding diaryl/α,β-unsaturated/α-hetero) is 1. The number of hydrogen-bond donors (Lipinski definition) is 1. The second-order valence-electron chi connectivity index (χ2n) is 4.44. The zero-order valence-electron chi connectivity index (χ0n) is 9.53. The Bertz CT molecular complexity index is 397. The van der Waals surface area contributed by atoms with E-state index >= 15 is 0 Å². The lowest BCUT2D eigenvalue weighted by Crippen LogP contribution is -2.26. The Morgan fingerprint density at radius 1 is 1.50 bits per heavy atom. The lowest BCUT2D eigenvalue weighted by Gasteiger charge is -2.11. The van der Waals surface area contributed by atoms with Crippen LogP contribution in [-0.2, 0) is 11.2 Å². The summed E-state index contributed by atoms with van der Waals surface area (Å²) in [5.74, 6) is 1.06. The molecule has 1 aliphatic carbocycles. The van der Waals surface area contributed by atoms with Crippen LogP contribution < -0.4 is 10.5 Å². The summed E-state index contributed by atoms with van der Waals surface area (Å²) in [7, 11) is 1.63. The van der Waals surface area contributed by atoms with Gasteiger partial charge in [0.25, 0.3) is 0 Å². The summed E-state index contributed by atoms with van der Waals surface area (Å²) >= 11 is 0. The van der Waals surface area contributed by atoms with Crippen LogP contribution in [0.2, 0.25) is 0 Å². The van der Waals surface area contributed by atoms with Crippen LogP contribution in [0.5, 0.6) is 5.75 Å². The maximum absolute atomic E-state index is 12.0. The summed E-state index contributed by atoms with van der Waals surface area (Å²) in [5, 5.41) is 0. The van der Waals surface area contributed by atoms with Crippen LogP contribution >= 0.6 is 0 Å². The molecular formula is C13H17NO2. The van der Waals surface area contributed by atoms with Crippen LogP contribution in [0, 0.1) is 5.41 Å². The summed E-state index contributed by atoms with van der Waals surface area (Å²) in [5.41, 5.74) is 6.43. The van der Waals surface area contributed by atoms with Crippen molar-refractivity contribution in [3.8, 4) is 5.75 Å². The van der Waals surface area contributed by atoms with Crippen molar-refractivity contribution >= 4 is 5.78 Å². The van der Waals surface area contributed by atoms with Gasteiger partial charge in [-0.05, 0) is 30.5 Å². The molecular weight excluding hydrogens is 202 g/mol. The second kappa shape index (κ2) is 4.26. The van der Waals surface area contributed by atoms with Crippen molar-refractivity contribution in [2.45, 2.75) is 19.3 Å². The number of ketones is 1. The van der Waals surface area contributed by atoms with Crippen molar-refractivity contribution in [1.82, 2.24) is 0 Å². The molecule has 3 nitrogen and oxygen atoms in total. The summed E-state index contributed by atoms with van der Waals surface area (Å²) in [6.07, 6.45) is 2.37. The molecule has 0 unspecified atom stereocenters. The molecule has 0 atom stereocenters. The molecule has 1 aliphatic rings. The maximum atomic E-state index is 12.0. The zero-order chi connectivity index (χ0) is 11.6. The minimum absolute atomic E-state index is 0.205. The Balaban J connectivity index is 2.06. The molecule has 1 aromatic rings. The van der Waals surface area contributed by atoms with Gasteiger partial charge in [-0.3, -0.25) is 4.79 Å². The molecule has 1 saturated carbocycles. The predicted octanol–water partition coefficient (Wildman–Crippen LogP) is 1.55. The Morgan fingerprint density at radius 2 is 2.25 bits per heavy atom. The molecule has 1 aromatic carbocycles. The fraction of sp³-hybridized carbons (Fsp3) is 0.462. The van der Waals surface area contributed by atoms with Crippen LogP contribution in [0.4, 0.5) is 0 Å². The molecule has 3 heteroatoms. The monoisotopic (exact) mass is 219 g/mol. The van der Waals surface area contributed by atoms with E-state index in [1.165, 1.54) is 0 Å². The van der Waals surface area contributed by atoms with E-state index in [-0.39, 0.29) is 11.2 Å². The third kappa shape index (κ3) is 2.09. The number of methoxy groups -OCH3 is 1. The third-order valence-electron chi connectivity index (χ3n) is 3.33. The van der Waals surface area contributed by atoms with Gasteiger partial charge in [-0.15, -0.1) is 0 Å². The lowest BCUT2D eigenvalue weighted by molar-refractivity contribution is -0.123. The molecule has 0 amide bonds. The van der Waals surface area contributed by atoms with Crippen LogP contribution in [0.15, 0.2) is 24.3 Å². The molecule has 2 N–H and O–H groups in total. The molecule has 0 saturated heterocycles. The highest BCUT2D eigenvalue weighted by Crippen LogP contribution is 2.46. The average Bonchev–Trinajstić information content (AvgIpc) is 3.10. The number of nitrogens with two attached hydrogens (primary N) is 1. The largest absolute Gasteiger partial charge is 0.497 e. The standard InChI is InChI=1S/C13H17NO2/c1-16-11-4-2-3-10(7-11)8-12(15)13(9-14)5-6-13/h2-4,7H,5-6,8-9,14H2,1H3. The van der Waals surface area contributed by atoms with Gasteiger partial charge in [0.05, 0.1) is 7.11 Å². The van der Waals surface area contributed by atoms with Crippen molar-refractivity contribution in [2.24, 2.45) is 11.1 Å². The quantitative estimate of drug-likeness (QED) is 0.817. The Hall–Kier alpha value is -1.35. The van der Waals surface area contributed by atoms with E-state index in [1.54, 1.807) is 7.11 Å². The lowest BCUT2D eigenvalue weighted by atomic mass is 9.95. The number of ether oxygens (including phenoxy) is 1. The third-order valence-corrected chi connectivity index (χ3v) is 3.33. The highest BCUT2D eigenvalue weighted by atomic mass is 16.5. The minimum Gasteiger partial charge on any atom is -0.497 e. The van der Waals surface area contributed by atoms with Gasteiger partial charge in [0.2, 0.25) is 0 Å². The zero-order valence-corrected chi connectivity index (χ0v) is 9.53. The van der Waals surface area contributed by atoms with E-state index in [1.807, 2.05) is 24.3 Å². The number of carbonyl (C=O) groups excluding carboxylic acids is 1. The summed E-state index contributed by atoms with van der Waals surface area (Å²) < 4.78 is 5.13. The highest BCUT2D eigenvalue weighted by Gasteiger charge is 2.47. The predicted molar refractivity (Wildman–Crippen MR) is 62.4 cm³/mol. The van der Waals surface area contributed by atoms with Crippen LogP contribution in [0.3, 0.4) is 0 Å². The first kappa shape index (κ1) is 11.1. The fourth-order valence-electron chi connectivity index (χ4n) is 1.90. The van der Waals surface area contributed by atoms with Gasteiger partial charge in [-0.25, -0.2) is 0 Å². The van der Waals surface area contributed by atoms with E-state index < -0.39 is 0 Å². The molecule has 2 rings (SSSR count). The normalized spacial score (nSPS) is 16.9. The van der Waals surface area contributed by atoms with Gasteiger partial charge in [0.1, 0.15) is 11.5 Å². The van der Waals surface area contributed by atoms with E-state index in [2.05, 4.69) is 0 Å². The van der Waals surface area contributed by atoms with Gasteiger partial charge in [0, 0.05) is 18.4 Å². The van der Waals surface area contributed by atoms with E-state index in [9.17, 15) is 4.79 Å². The number of benzene rings is 1. The van der Waals surface area contributed by atoms with Crippen molar-refractivity contribution < 1.29 is 9.53 Å². The molecule has 0 radical (unpaired) electrons. The van der Waals surface area contributed by atoms with Gasteiger partial charge in [-0.1, -0.05) is 12.1 Å². The molecule has 0 aromatic heterocycles. The van der Waals surface area contributed by atoms with Gasteiger partial charge < -0.3 is 10.5 Å². The summed E-state index contributed by atoms with van der Waals surface area (Å²) in [6.45, 7) is 0.482. The average molecular weight is 219 g/mol. The second-order valence-corrected chi connectivity index (χ2v) is 4.44. The maximum Gasteiger partial charge on any atom is 0.144 e. The first-order valence-electron chi connectivity index (χ1n) is 5.56. The molecule has 0 bridgehead atoms. The summed E-state index contributed by atoms with van der Waals surface area (Å²) in [4.78, 5) is 12.0. The number of rotatable bonds is 5. The fourth-order valence-corrected chi connectivity index (χ4v) is 1.90. The van der Waals surface area contributed by atoms with E-state index in [0.717, 1.165) is 24.2 Å². The van der Waals surface area contributed by atoms with Crippen LogP contribution in [0.25, 0.3) is 0 Å². The number of hydrogen-bond acceptors (Lipinski definition) is 3. The van der Waals surface area contributed by atoms with Gasteiger partial charge >= 0.3 is 0 Å². The van der Waals surface area contributed by atoms with E-state index in [0.29, 0.717) is 13.0 Å². The molecule has 0 spiro atoms. The summed E-state index contributed by atoms with van der Waals surface area (Å²) in [6, 6.07) is 7.64. The highest BCUT2D eigenvalue weighted by molar-refractivity contribution is 5.89. The Kier molecular flexibility index (Phi) is 2.97. The van der Waals surface area contributed by atoms with Gasteiger partial charge in [0.15, 0.2) is 0 Å². The Labute approximate surface area is 95.6 Å². The van der Waals surface area contributed by atoms with Gasteiger partial charge in [-0.2, -0.15) is 0 Å². The molecule has 86 valence electrons. The first-order valence-corrected chi connectivity index (χ1v) is 5.56. The van der Waals surface area contributed by atoms with Crippen LogP contribution in [-0.4, -0.2) is 19.4 Å². The van der Waals surface area contributed by atoms with E-state index in [4.69, 9.17) is 10.5 Å². The smallest absolute Gasteiger partial charge is 0.144 e. The van der Waals surface area contributed by atoms with Crippen molar-refractivity contribution in [3.63, 3.8) is 0 Å². The topological polar surface area (TPSA) is 52.3 Å². The molecule has 0 aliphatic heterocycles. The molecule has 16 heavy (non-hydrogen) atoms. The SMILES string of the molecule is COc1cccc(CC(=O)C2(CN)CC2)c1. The van der Waals surface area contributed by atoms with Crippen molar-refractivity contribution in [1.29, 1.82) is 0 Å². The van der Waals surface area contributed by atoms with Crippen LogP contribution in [0.1, 0.15) is 18.4 Å². The number of carbonyl (C=O) groups is 1. The van der Waals surface area contributed by atoms with Crippen molar-refractivity contribution in [2.75, 3.05) is 13.7 Å². The first-order chi connectivity index (χ1) is 7.70. The Morgan fingerprint density at radius 3 is 2.81 bits per heavy atom. The van der Waals surface area contributed by atoms with Crippen molar-refractivity contribution in [3.05, 3.63) is 29.8 Å². The molecule has 1 fully saturated rings. The molecule has 0 heterocycles.